The predicted molar refractivity (Wildman–Crippen MR) is 154 cm³/mol. The summed E-state index contributed by atoms with van der Waals surface area (Å²) in [5.41, 5.74) is 3.27. The smallest absolute Gasteiger partial charge is 0.255 e. The van der Waals surface area contributed by atoms with E-state index in [1.165, 1.54) is 42.0 Å². The lowest BCUT2D eigenvalue weighted by Crippen LogP contribution is -2.32. The van der Waals surface area contributed by atoms with Crippen molar-refractivity contribution in [3.8, 4) is 22.5 Å². The molecule has 8 heteroatoms. The van der Waals surface area contributed by atoms with Crippen LogP contribution in [0.25, 0.3) is 33.4 Å². The molecule has 0 unspecified atom stereocenters. The zero-order valence-corrected chi connectivity index (χ0v) is 23.1. The van der Waals surface area contributed by atoms with Gasteiger partial charge in [0.25, 0.3) is 5.91 Å². The van der Waals surface area contributed by atoms with Gasteiger partial charge in [0.1, 0.15) is 17.2 Å². The van der Waals surface area contributed by atoms with Crippen molar-refractivity contribution in [2.24, 2.45) is 5.92 Å². The van der Waals surface area contributed by atoms with E-state index in [0.29, 0.717) is 51.6 Å². The van der Waals surface area contributed by atoms with Crippen LogP contribution in [0.3, 0.4) is 0 Å². The Labute approximate surface area is 228 Å². The molecule has 1 aliphatic carbocycles. The number of anilines is 1. The van der Waals surface area contributed by atoms with Gasteiger partial charge in [-0.3, -0.25) is 9.10 Å². The molecule has 0 atom stereocenters. The molecule has 1 amide bonds. The first kappa shape index (κ1) is 26.9. The van der Waals surface area contributed by atoms with E-state index < -0.39 is 15.8 Å². The quantitative estimate of drug-likeness (QED) is 0.257. The van der Waals surface area contributed by atoms with Crippen molar-refractivity contribution in [1.82, 2.24) is 5.32 Å². The minimum atomic E-state index is -3.63. The molecule has 6 nitrogen and oxygen atoms in total. The molecule has 0 saturated heterocycles. The Morgan fingerprint density at radius 2 is 1.69 bits per heavy atom. The highest BCUT2D eigenvalue weighted by Gasteiger charge is 2.28. The number of fused-ring (bicyclic) bond motifs is 1. The summed E-state index contributed by atoms with van der Waals surface area (Å²) in [7, 11) is -2.09. The third-order valence-corrected chi connectivity index (χ3v) is 8.77. The van der Waals surface area contributed by atoms with Gasteiger partial charge >= 0.3 is 0 Å². The van der Waals surface area contributed by atoms with Crippen molar-refractivity contribution in [2.75, 3.05) is 24.2 Å². The van der Waals surface area contributed by atoms with Crippen molar-refractivity contribution in [3.63, 3.8) is 0 Å². The Morgan fingerprint density at radius 3 is 2.33 bits per heavy atom. The fraction of sp³-hybridized carbons (Fsp3) is 0.323. The van der Waals surface area contributed by atoms with Gasteiger partial charge in [0.15, 0.2) is 0 Å². The third-order valence-electron chi connectivity index (χ3n) is 7.59. The number of rotatable bonds is 8. The number of nitrogens with one attached hydrogen (secondary N) is 1. The molecule has 204 valence electrons. The third kappa shape index (κ3) is 5.71. The van der Waals surface area contributed by atoms with Crippen molar-refractivity contribution < 1.29 is 22.0 Å². The first-order valence-corrected chi connectivity index (χ1v) is 15.2. The van der Waals surface area contributed by atoms with E-state index in [1.54, 1.807) is 25.2 Å². The lowest BCUT2D eigenvalue weighted by molar-refractivity contribution is 0.0964. The van der Waals surface area contributed by atoms with E-state index in [-0.39, 0.29) is 5.91 Å². The lowest BCUT2D eigenvalue weighted by atomic mass is 9.87. The van der Waals surface area contributed by atoms with Gasteiger partial charge < -0.3 is 9.73 Å². The Balaban J connectivity index is 1.71. The first-order valence-electron chi connectivity index (χ1n) is 13.4. The zero-order valence-electron chi connectivity index (χ0n) is 22.2. The second-order valence-electron chi connectivity index (χ2n) is 10.3. The second kappa shape index (κ2) is 11.2. The zero-order chi connectivity index (χ0) is 27.6. The van der Waals surface area contributed by atoms with Crippen LogP contribution in [0.2, 0.25) is 0 Å². The number of amides is 1. The van der Waals surface area contributed by atoms with Crippen LogP contribution in [-0.2, 0) is 10.0 Å². The number of carbonyl (C=O) groups excluding carboxylic acids is 1. The second-order valence-corrected chi connectivity index (χ2v) is 12.2. The van der Waals surface area contributed by atoms with E-state index in [1.807, 2.05) is 36.4 Å². The highest BCUT2D eigenvalue weighted by atomic mass is 32.2. The number of benzene rings is 3. The SMILES string of the molecule is CNC(=O)c1c(-c2ccc(F)cc2)oc2cc(N(CCC3CCCCC3)S(C)(=O)=O)c(-c3ccccc3)cc12. The molecule has 0 radical (unpaired) electrons. The summed E-state index contributed by atoms with van der Waals surface area (Å²) in [5, 5.41) is 3.23. The van der Waals surface area contributed by atoms with Crippen LogP contribution in [0.15, 0.2) is 71.1 Å². The Morgan fingerprint density at radius 1 is 1.00 bits per heavy atom. The molecule has 4 aromatic rings. The largest absolute Gasteiger partial charge is 0.455 e. The topological polar surface area (TPSA) is 79.6 Å². The fourth-order valence-corrected chi connectivity index (χ4v) is 6.53. The van der Waals surface area contributed by atoms with Gasteiger partial charge in [0.2, 0.25) is 10.0 Å². The Bertz CT molecular complexity index is 1570. The van der Waals surface area contributed by atoms with Gasteiger partial charge in [0.05, 0.1) is 17.5 Å². The van der Waals surface area contributed by atoms with Crippen LogP contribution in [0, 0.1) is 11.7 Å². The maximum Gasteiger partial charge on any atom is 0.255 e. The summed E-state index contributed by atoms with van der Waals surface area (Å²) < 4.78 is 47.8. The summed E-state index contributed by atoms with van der Waals surface area (Å²) in [6.07, 6.45) is 7.87. The molecule has 39 heavy (non-hydrogen) atoms. The highest BCUT2D eigenvalue weighted by Crippen LogP contribution is 2.42. The summed E-state index contributed by atoms with van der Waals surface area (Å²) in [6, 6.07) is 18.8. The molecular weight excluding hydrogens is 515 g/mol. The Kier molecular flexibility index (Phi) is 7.75. The lowest BCUT2D eigenvalue weighted by Gasteiger charge is -2.28. The van der Waals surface area contributed by atoms with Crippen molar-refractivity contribution >= 4 is 32.6 Å². The molecule has 1 saturated carbocycles. The number of halogens is 1. The van der Waals surface area contributed by atoms with Crippen molar-refractivity contribution in [2.45, 2.75) is 38.5 Å². The van der Waals surface area contributed by atoms with Gasteiger partial charge in [-0.15, -0.1) is 0 Å². The molecule has 1 heterocycles. The van der Waals surface area contributed by atoms with E-state index in [4.69, 9.17) is 4.42 Å². The van der Waals surface area contributed by atoms with E-state index >= 15 is 0 Å². The minimum absolute atomic E-state index is 0.300. The standard InChI is InChI=1S/C31H33FN2O4S/c1-33-31(35)29-26-19-25(22-11-7-4-8-12-22)27(20-28(26)38-30(29)23-13-15-24(32)16-14-23)34(39(2,36)37)18-17-21-9-5-3-6-10-21/h4,7-8,11-16,19-21H,3,5-6,9-10,17-18H2,1-2H3,(H,33,35). The molecule has 0 bridgehead atoms. The molecule has 5 rings (SSSR count). The number of sulfonamides is 1. The van der Waals surface area contributed by atoms with Crippen LogP contribution in [-0.4, -0.2) is 34.2 Å². The molecule has 0 aliphatic heterocycles. The number of hydrogen-bond donors (Lipinski definition) is 1. The highest BCUT2D eigenvalue weighted by molar-refractivity contribution is 7.92. The number of furan rings is 1. The number of nitrogens with zero attached hydrogens (tertiary/aromatic N) is 1. The average molecular weight is 549 g/mol. The predicted octanol–water partition coefficient (Wildman–Crippen LogP) is 7.00. The van der Waals surface area contributed by atoms with Crippen LogP contribution in [0.5, 0.6) is 0 Å². The monoisotopic (exact) mass is 548 g/mol. The molecule has 1 fully saturated rings. The van der Waals surface area contributed by atoms with Crippen LogP contribution in [0.1, 0.15) is 48.9 Å². The van der Waals surface area contributed by atoms with E-state index in [2.05, 4.69) is 5.32 Å². The van der Waals surface area contributed by atoms with Gasteiger partial charge in [-0.1, -0.05) is 62.4 Å². The first-order chi connectivity index (χ1) is 18.8. The number of carbonyl (C=O) groups is 1. The Hall–Kier alpha value is -3.65. The minimum Gasteiger partial charge on any atom is -0.455 e. The maximum atomic E-state index is 13.7. The number of hydrogen-bond acceptors (Lipinski definition) is 4. The summed E-state index contributed by atoms with van der Waals surface area (Å²) in [5.74, 6) is 0.0537. The summed E-state index contributed by atoms with van der Waals surface area (Å²) in [4.78, 5) is 13.1. The van der Waals surface area contributed by atoms with Gasteiger partial charge in [-0.25, -0.2) is 12.8 Å². The molecule has 1 aliphatic rings. The van der Waals surface area contributed by atoms with Gasteiger partial charge in [-0.2, -0.15) is 0 Å². The van der Waals surface area contributed by atoms with Crippen molar-refractivity contribution in [1.29, 1.82) is 0 Å². The summed E-state index contributed by atoms with van der Waals surface area (Å²) >= 11 is 0. The van der Waals surface area contributed by atoms with Gasteiger partial charge in [0, 0.05) is 36.2 Å². The van der Waals surface area contributed by atoms with Crippen LogP contribution in [0.4, 0.5) is 10.1 Å². The molecular formula is C31H33FN2O4S. The normalized spacial score (nSPS) is 14.4. The van der Waals surface area contributed by atoms with E-state index in [0.717, 1.165) is 24.8 Å². The maximum absolute atomic E-state index is 13.7. The van der Waals surface area contributed by atoms with E-state index in [9.17, 15) is 17.6 Å². The molecule has 1 aromatic heterocycles. The summed E-state index contributed by atoms with van der Waals surface area (Å²) in [6.45, 7) is 0.364. The fourth-order valence-electron chi connectivity index (χ4n) is 5.58. The van der Waals surface area contributed by atoms with Crippen LogP contribution >= 0.6 is 0 Å². The molecule has 0 spiro atoms. The molecule has 1 N–H and O–H groups in total. The van der Waals surface area contributed by atoms with Gasteiger partial charge in [-0.05, 0) is 48.2 Å². The van der Waals surface area contributed by atoms with Crippen LogP contribution < -0.4 is 9.62 Å². The molecule has 3 aromatic carbocycles. The average Bonchev–Trinajstić information content (AvgIpc) is 3.31. The van der Waals surface area contributed by atoms with Crippen molar-refractivity contribution in [3.05, 3.63) is 78.1 Å².